The summed E-state index contributed by atoms with van der Waals surface area (Å²) in [5, 5.41) is 5.80. The number of fused-ring (bicyclic) bond motifs is 1. The molecule has 5 rings (SSSR count). The van der Waals surface area contributed by atoms with Gasteiger partial charge in [0.15, 0.2) is 0 Å². The predicted molar refractivity (Wildman–Crippen MR) is 145 cm³/mol. The van der Waals surface area contributed by atoms with Crippen LogP contribution in [0.15, 0.2) is 78.9 Å². The highest BCUT2D eigenvalue weighted by Gasteiger charge is 2.35. The van der Waals surface area contributed by atoms with Crippen LogP contribution < -0.4 is 0 Å². The van der Waals surface area contributed by atoms with E-state index in [1.165, 1.54) is 35.0 Å². The molecule has 0 aliphatic rings. The monoisotopic (exact) mass is 576 g/mol. The smallest absolute Gasteiger partial charge is 0.259 e. The second-order valence-corrected chi connectivity index (χ2v) is 10.2. The van der Waals surface area contributed by atoms with E-state index in [1.54, 1.807) is 30.3 Å². The molecule has 0 spiro atoms. The van der Waals surface area contributed by atoms with Gasteiger partial charge < -0.3 is 0 Å². The molecule has 0 saturated heterocycles. The summed E-state index contributed by atoms with van der Waals surface area (Å²) in [6.45, 7) is -0.0767. The molecule has 0 unspecified atom stereocenters. The lowest BCUT2D eigenvalue weighted by atomic mass is 9.98. The average molecular weight is 578 g/mol. The van der Waals surface area contributed by atoms with E-state index in [1.807, 2.05) is 12.1 Å². The second-order valence-electron chi connectivity index (χ2n) is 8.88. The zero-order valence-corrected chi connectivity index (χ0v) is 21.9. The SMILES string of the molecule is Fc1cc(Cl)ccc1Cn1nc2cccc(C(F)(F)F)c2c1-c1cccc(CCc2cc(Cl)ccc2Cl)c1. The predicted octanol–water partition coefficient (Wildman–Crippen LogP) is 9.65. The number of hydrogen-bond acceptors (Lipinski definition) is 1. The van der Waals surface area contributed by atoms with Gasteiger partial charge in [-0.05, 0) is 72.5 Å². The van der Waals surface area contributed by atoms with E-state index >= 15 is 0 Å². The zero-order valence-electron chi connectivity index (χ0n) is 19.7. The highest BCUT2D eigenvalue weighted by molar-refractivity contribution is 6.33. The number of aromatic nitrogens is 2. The van der Waals surface area contributed by atoms with Crippen LogP contribution in [-0.4, -0.2) is 9.78 Å². The summed E-state index contributed by atoms with van der Waals surface area (Å²) in [6.07, 6.45) is -3.43. The topological polar surface area (TPSA) is 17.8 Å². The average Bonchev–Trinajstić information content (AvgIpc) is 3.24. The molecule has 0 amide bonds. The molecule has 194 valence electrons. The minimum atomic E-state index is -4.60. The van der Waals surface area contributed by atoms with E-state index in [0.717, 1.165) is 17.2 Å². The van der Waals surface area contributed by atoms with Gasteiger partial charge >= 0.3 is 6.18 Å². The van der Waals surface area contributed by atoms with Crippen molar-refractivity contribution in [2.75, 3.05) is 0 Å². The summed E-state index contributed by atoms with van der Waals surface area (Å²) in [6, 6.07) is 20.6. The number of halogens is 7. The van der Waals surface area contributed by atoms with Crippen LogP contribution in [0.4, 0.5) is 17.6 Å². The van der Waals surface area contributed by atoms with Gasteiger partial charge in [0.25, 0.3) is 0 Å². The van der Waals surface area contributed by atoms with Crippen molar-refractivity contribution in [3.63, 3.8) is 0 Å². The maximum absolute atomic E-state index is 14.7. The molecule has 0 radical (unpaired) electrons. The van der Waals surface area contributed by atoms with Gasteiger partial charge in [0.1, 0.15) is 5.82 Å². The maximum atomic E-state index is 14.7. The Labute approximate surface area is 231 Å². The first-order chi connectivity index (χ1) is 18.1. The molecule has 38 heavy (non-hydrogen) atoms. The molecule has 1 aromatic heterocycles. The molecular weight excluding hydrogens is 559 g/mol. The van der Waals surface area contributed by atoms with Gasteiger partial charge in [-0.15, -0.1) is 0 Å². The fraction of sp³-hybridized carbons (Fsp3) is 0.138. The van der Waals surface area contributed by atoms with Crippen LogP contribution in [0.3, 0.4) is 0 Å². The fourth-order valence-corrected chi connectivity index (χ4v) is 5.09. The molecule has 0 bridgehead atoms. The van der Waals surface area contributed by atoms with Crippen molar-refractivity contribution >= 4 is 45.7 Å². The van der Waals surface area contributed by atoms with E-state index in [4.69, 9.17) is 34.8 Å². The summed E-state index contributed by atoms with van der Waals surface area (Å²) in [7, 11) is 0. The third-order valence-electron chi connectivity index (χ3n) is 6.30. The van der Waals surface area contributed by atoms with E-state index in [-0.39, 0.29) is 33.7 Å². The number of benzene rings is 4. The minimum absolute atomic E-state index is 0.0376. The van der Waals surface area contributed by atoms with Gasteiger partial charge in [0, 0.05) is 31.6 Å². The number of alkyl halides is 3. The Hall–Kier alpha value is -3.06. The molecule has 4 aromatic carbocycles. The fourth-order valence-electron chi connectivity index (χ4n) is 4.52. The quantitative estimate of drug-likeness (QED) is 0.184. The lowest BCUT2D eigenvalue weighted by Gasteiger charge is -2.13. The van der Waals surface area contributed by atoms with Crippen molar-refractivity contribution in [3.05, 3.63) is 122 Å². The molecule has 1 heterocycles. The van der Waals surface area contributed by atoms with Gasteiger partial charge in [0.05, 0.1) is 23.3 Å². The number of nitrogens with zero attached hydrogens (tertiary/aromatic N) is 2. The van der Waals surface area contributed by atoms with Crippen LogP contribution in [-0.2, 0) is 25.6 Å². The van der Waals surface area contributed by atoms with Gasteiger partial charge in [-0.2, -0.15) is 18.3 Å². The van der Waals surface area contributed by atoms with Gasteiger partial charge in [-0.25, -0.2) is 4.39 Å². The molecule has 0 aliphatic carbocycles. The lowest BCUT2D eigenvalue weighted by Crippen LogP contribution is -2.08. The molecule has 0 fully saturated rings. The molecule has 5 aromatic rings. The highest BCUT2D eigenvalue weighted by Crippen LogP contribution is 2.40. The summed E-state index contributed by atoms with van der Waals surface area (Å²) >= 11 is 18.3. The lowest BCUT2D eigenvalue weighted by molar-refractivity contribution is -0.136. The van der Waals surface area contributed by atoms with Crippen molar-refractivity contribution in [2.45, 2.75) is 25.6 Å². The van der Waals surface area contributed by atoms with Gasteiger partial charge in [-0.1, -0.05) is 65.1 Å². The summed E-state index contributed by atoms with van der Waals surface area (Å²) in [4.78, 5) is 0. The van der Waals surface area contributed by atoms with E-state index in [2.05, 4.69) is 5.10 Å². The Bertz CT molecular complexity index is 1640. The Morgan fingerprint density at radius 1 is 0.763 bits per heavy atom. The van der Waals surface area contributed by atoms with Crippen LogP contribution in [0.25, 0.3) is 22.2 Å². The van der Waals surface area contributed by atoms with Crippen molar-refractivity contribution in [1.82, 2.24) is 9.78 Å². The third-order valence-corrected chi connectivity index (χ3v) is 7.14. The van der Waals surface area contributed by atoms with Crippen LogP contribution in [0.2, 0.25) is 15.1 Å². The van der Waals surface area contributed by atoms with Gasteiger partial charge in [0.2, 0.25) is 0 Å². The van der Waals surface area contributed by atoms with Crippen LogP contribution in [0.5, 0.6) is 0 Å². The maximum Gasteiger partial charge on any atom is 0.417 e. The second kappa shape index (κ2) is 10.6. The Morgan fingerprint density at radius 2 is 1.50 bits per heavy atom. The first-order valence-electron chi connectivity index (χ1n) is 11.6. The first kappa shape index (κ1) is 26.5. The van der Waals surface area contributed by atoms with Crippen molar-refractivity contribution in [3.8, 4) is 11.3 Å². The standard InChI is InChI=1S/C29H19Cl3F4N2/c30-21-11-12-24(32)18(14-21)8-7-17-3-1-4-19(13-17)28-27-23(29(34,35)36)5-2-6-26(27)37-38(28)16-20-9-10-22(31)15-25(20)33/h1-6,9-15H,7-8,16H2. The summed E-state index contributed by atoms with van der Waals surface area (Å²) in [5.41, 5.74) is 2.17. The van der Waals surface area contributed by atoms with E-state index in [9.17, 15) is 17.6 Å². The van der Waals surface area contributed by atoms with E-state index < -0.39 is 17.6 Å². The highest BCUT2D eigenvalue weighted by atomic mass is 35.5. The molecule has 0 atom stereocenters. The number of rotatable bonds is 6. The summed E-state index contributed by atoms with van der Waals surface area (Å²) < 4.78 is 58.3. The van der Waals surface area contributed by atoms with Crippen molar-refractivity contribution < 1.29 is 17.6 Å². The molecule has 0 N–H and O–H groups in total. The largest absolute Gasteiger partial charge is 0.417 e. The zero-order chi connectivity index (χ0) is 27.0. The molecule has 2 nitrogen and oxygen atoms in total. The molecular formula is C29H19Cl3F4N2. The van der Waals surface area contributed by atoms with E-state index in [0.29, 0.717) is 28.5 Å². The summed E-state index contributed by atoms with van der Waals surface area (Å²) in [5.74, 6) is -0.564. The van der Waals surface area contributed by atoms with Crippen LogP contribution in [0.1, 0.15) is 22.3 Å². The molecule has 9 heteroatoms. The Morgan fingerprint density at radius 3 is 2.26 bits per heavy atom. The Balaban J connectivity index is 1.61. The minimum Gasteiger partial charge on any atom is -0.259 e. The van der Waals surface area contributed by atoms with Crippen LogP contribution >= 0.6 is 34.8 Å². The van der Waals surface area contributed by atoms with Crippen molar-refractivity contribution in [2.24, 2.45) is 0 Å². The number of aryl methyl sites for hydroxylation is 2. The van der Waals surface area contributed by atoms with Crippen molar-refractivity contribution in [1.29, 1.82) is 0 Å². The molecule has 0 aliphatic heterocycles. The Kier molecular flexibility index (Phi) is 7.40. The van der Waals surface area contributed by atoms with Crippen LogP contribution in [0, 0.1) is 5.82 Å². The third kappa shape index (κ3) is 5.53. The number of hydrogen-bond donors (Lipinski definition) is 0. The normalized spacial score (nSPS) is 11.9. The van der Waals surface area contributed by atoms with Gasteiger partial charge in [-0.3, -0.25) is 4.68 Å². The molecule has 0 saturated carbocycles. The first-order valence-corrected chi connectivity index (χ1v) is 12.8.